The van der Waals surface area contributed by atoms with Crippen LogP contribution < -0.4 is 21.5 Å². The van der Waals surface area contributed by atoms with Crippen molar-refractivity contribution < 1.29 is 26.5 Å². The van der Waals surface area contributed by atoms with Crippen molar-refractivity contribution in [3.8, 4) is 0 Å². The molecule has 4 nitrogen and oxygen atoms in total. The summed E-state index contributed by atoms with van der Waals surface area (Å²) in [6, 6.07) is 13.2. The van der Waals surface area contributed by atoms with Crippen molar-refractivity contribution >= 4 is 27.2 Å². The topological polar surface area (TPSA) is 47.0 Å². The molecule has 0 bridgehead atoms. The first kappa shape index (κ1) is 15.6. The van der Waals surface area contributed by atoms with Crippen LogP contribution in [0.2, 0.25) is 0 Å². The molecule has 0 saturated heterocycles. The van der Waals surface area contributed by atoms with Gasteiger partial charge in [-0.2, -0.15) is 4.57 Å². The molecule has 0 unspecified atom stereocenters. The lowest BCUT2D eigenvalue weighted by molar-refractivity contribution is -0.658. The van der Waals surface area contributed by atoms with Gasteiger partial charge < -0.3 is 17.0 Å². The number of hydrogen-bond acceptors (Lipinski definition) is 3. The third kappa shape index (κ3) is 3.11. The molecule has 0 amide bonds. The lowest BCUT2D eigenvalue weighted by Gasteiger charge is -1.99. The van der Waals surface area contributed by atoms with E-state index in [2.05, 4.69) is 29.7 Å². The standard InChI is InChI=1S/C15H13N2O2S.BrH/c1-11-6-7-14-15(8-11)20-10-16(14)9-12-4-2-3-5-13(12)17(18)19;/h2-8,10H,9H2,1H3;1H/q+1;/p-1. The molecule has 0 spiro atoms. The highest BCUT2D eigenvalue weighted by atomic mass is 79.9. The summed E-state index contributed by atoms with van der Waals surface area (Å²) >= 11 is 1.65. The van der Waals surface area contributed by atoms with Gasteiger partial charge in [0.15, 0.2) is 6.54 Å². The van der Waals surface area contributed by atoms with Crippen LogP contribution in [0, 0.1) is 17.0 Å². The van der Waals surface area contributed by atoms with Crippen molar-refractivity contribution in [2.45, 2.75) is 13.5 Å². The minimum absolute atomic E-state index is 0. The van der Waals surface area contributed by atoms with Crippen molar-refractivity contribution in [2.24, 2.45) is 0 Å². The van der Waals surface area contributed by atoms with E-state index in [0.29, 0.717) is 6.54 Å². The molecule has 0 atom stereocenters. The number of para-hydroxylation sites is 1. The molecule has 0 aliphatic heterocycles. The smallest absolute Gasteiger partial charge is 0.278 e. The van der Waals surface area contributed by atoms with Gasteiger partial charge in [-0.15, -0.1) is 0 Å². The highest BCUT2D eigenvalue weighted by Gasteiger charge is 2.19. The summed E-state index contributed by atoms with van der Waals surface area (Å²) < 4.78 is 3.26. The fourth-order valence-corrected chi connectivity index (χ4v) is 3.25. The van der Waals surface area contributed by atoms with E-state index >= 15 is 0 Å². The van der Waals surface area contributed by atoms with Crippen molar-refractivity contribution in [1.82, 2.24) is 0 Å². The number of aryl methyl sites for hydroxylation is 1. The summed E-state index contributed by atoms with van der Waals surface area (Å²) in [4.78, 5) is 10.7. The van der Waals surface area contributed by atoms with Crippen LogP contribution in [0.4, 0.5) is 5.69 Å². The fraction of sp³-hybridized carbons (Fsp3) is 0.133. The second-order valence-corrected chi connectivity index (χ2v) is 5.59. The Morgan fingerprint density at radius 3 is 2.76 bits per heavy atom. The van der Waals surface area contributed by atoms with Crippen LogP contribution in [-0.2, 0) is 6.54 Å². The molecule has 1 aromatic heterocycles. The van der Waals surface area contributed by atoms with Gasteiger partial charge >= 0.3 is 0 Å². The molecule has 0 aliphatic rings. The Balaban J connectivity index is 0.00000161. The van der Waals surface area contributed by atoms with Crippen LogP contribution in [0.5, 0.6) is 0 Å². The zero-order valence-corrected chi connectivity index (χ0v) is 13.7. The number of halogens is 1. The van der Waals surface area contributed by atoms with Gasteiger partial charge in [0.05, 0.1) is 10.5 Å². The maximum atomic E-state index is 11.1. The average molecular weight is 365 g/mol. The van der Waals surface area contributed by atoms with E-state index in [1.165, 1.54) is 10.3 Å². The van der Waals surface area contributed by atoms with Gasteiger partial charge in [-0.1, -0.05) is 29.5 Å². The molecule has 3 aromatic rings. The second kappa shape index (κ2) is 6.32. The maximum Gasteiger partial charge on any atom is 0.278 e. The van der Waals surface area contributed by atoms with E-state index in [1.807, 2.05) is 17.6 Å². The van der Waals surface area contributed by atoms with Crippen LogP contribution in [0.25, 0.3) is 10.2 Å². The lowest BCUT2D eigenvalue weighted by atomic mass is 10.1. The first-order chi connectivity index (χ1) is 9.65. The van der Waals surface area contributed by atoms with Gasteiger partial charge in [-0.3, -0.25) is 10.1 Å². The van der Waals surface area contributed by atoms with E-state index in [1.54, 1.807) is 23.5 Å². The Labute approximate surface area is 136 Å². The molecule has 21 heavy (non-hydrogen) atoms. The molecule has 0 N–H and O–H groups in total. The normalized spacial score (nSPS) is 10.3. The van der Waals surface area contributed by atoms with E-state index < -0.39 is 0 Å². The molecular weight excluding hydrogens is 352 g/mol. The summed E-state index contributed by atoms with van der Waals surface area (Å²) in [5.41, 5.74) is 5.24. The Hall–Kier alpha value is -1.79. The number of nitro benzene ring substituents is 1. The van der Waals surface area contributed by atoms with Crippen LogP contribution in [-0.4, -0.2) is 4.92 Å². The van der Waals surface area contributed by atoms with Gasteiger partial charge in [0, 0.05) is 12.1 Å². The van der Waals surface area contributed by atoms with E-state index in [-0.39, 0.29) is 27.6 Å². The molecular formula is C15H13BrN2O2S. The van der Waals surface area contributed by atoms with Gasteiger partial charge in [0.2, 0.25) is 11.0 Å². The molecule has 2 aromatic carbocycles. The van der Waals surface area contributed by atoms with E-state index in [9.17, 15) is 10.1 Å². The molecule has 3 rings (SSSR count). The Morgan fingerprint density at radius 2 is 2.00 bits per heavy atom. The molecule has 0 radical (unpaired) electrons. The van der Waals surface area contributed by atoms with Crippen LogP contribution in [0.3, 0.4) is 0 Å². The number of nitrogens with zero attached hydrogens (tertiary/aromatic N) is 2. The van der Waals surface area contributed by atoms with Gasteiger partial charge in [-0.25, -0.2) is 0 Å². The first-order valence-electron chi connectivity index (χ1n) is 6.25. The van der Waals surface area contributed by atoms with Crippen molar-refractivity contribution in [3.63, 3.8) is 0 Å². The van der Waals surface area contributed by atoms with Crippen LogP contribution >= 0.6 is 11.3 Å². The molecule has 0 saturated carbocycles. The number of fused-ring (bicyclic) bond motifs is 1. The van der Waals surface area contributed by atoms with Crippen LogP contribution in [0.1, 0.15) is 11.1 Å². The van der Waals surface area contributed by atoms with Crippen molar-refractivity contribution in [2.75, 3.05) is 0 Å². The summed E-state index contributed by atoms with van der Waals surface area (Å²) in [5.74, 6) is 0. The van der Waals surface area contributed by atoms with Gasteiger partial charge in [-0.05, 0) is 24.6 Å². The fourth-order valence-electron chi connectivity index (χ4n) is 2.26. The van der Waals surface area contributed by atoms with Gasteiger partial charge in [0.1, 0.15) is 4.70 Å². The summed E-state index contributed by atoms with van der Waals surface area (Å²) in [5, 5.41) is 11.1. The zero-order chi connectivity index (χ0) is 14.1. The Bertz CT molecular complexity index is 801. The Kier molecular flexibility index (Phi) is 4.69. The van der Waals surface area contributed by atoms with Crippen LogP contribution in [0.15, 0.2) is 48.0 Å². The molecule has 0 aliphatic carbocycles. The quantitative estimate of drug-likeness (QED) is 0.385. The van der Waals surface area contributed by atoms with Crippen molar-refractivity contribution in [1.29, 1.82) is 0 Å². The predicted molar refractivity (Wildman–Crippen MR) is 79.0 cm³/mol. The minimum atomic E-state index is -0.325. The first-order valence-corrected chi connectivity index (χ1v) is 7.13. The number of thiazole rings is 1. The molecule has 0 fully saturated rings. The summed E-state index contributed by atoms with van der Waals surface area (Å²) in [6.07, 6.45) is 0. The monoisotopic (exact) mass is 364 g/mol. The average Bonchev–Trinajstić information content (AvgIpc) is 2.81. The van der Waals surface area contributed by atoms with Gasteiger partial charge in [0.25, 0.3) is 5.69 Å². The number of hydrogen-bond donors (Lipinski definition) is 0. The predicted octanol–water partition coefficient (Wildman–Crippen LogP) is 0.458. The molecule has 108 valence electrons. The number of rotatable bonds is 3. The summed E-state index contributed by atoms with van der Waals surface area (Å²) in [7, 11) is 0. The molecule has 6 heteroatoms. The minimum Gasteiger partial charge on any atom is -1.00 e. The third-order valence-electron chi connectivity index (χ3n) is 3.26. The highest BCUT2D eigenvalue weighted by molar-refractivity contribution is 7.16. The number of nitro groups is 1. The SMILES string of the molecule is Cc1ccc2c(c1)sc[n+]2Cc1ccccc1[N+](=O)[O-].[Br-]. The zero-order valence-electron chi connectivity index (χ0n) is 11.3. The molecule has 1 heterocycles. The number of benzene rings is 2. The highest BCUT2D eigenvalue weighted by Crippen LogP contribution is 2.21. The van der Waals surface area contributed by atoms with E-state index in [4.69, 9.17) is 0 Å². The largest absolute Gasteiger partial charge is 1.00 e. The lowest BCUT2D eigenvalue weighted by Crippen LogP contribution is -3.00. The third-order valence-corrected chi connectivity index (χ3v) is 4.20. The second-order valence-electron chi connectivity index (χ2n) is 4.71. The van der Waals surface area contributed by atoms with Crippen molar-refractivity contribution in [3.05, 3.63) is 69.2 Å². The summed E-state index contributed by atoms with van der Waals surface area (Å²) in [6.45, 7) is 2.58. The van der Waals surface area contributed by atoms with E-state index in [0.717, 1.165) is 11.1 Å². The Morgan fingerprint density at radius 1 is 1.24 bits per heavy atom. The number of aromatic nitrogens is 1. The maximum absolute atomic E-state index is 11.1.